The summed E-state index contributed by atoms with van der Waals surface area (Å²) in [6.45, 7) is 0. The molecule has 0 aliphatic heterocycles. The summed E-state index contributed by atoms with van der Waals surface area (Å²) in [7, 11) is 0. The van der Waals surface area contributed by atoms with Crippen LogP contribution in [-0.4, -0.2) is 10.3 Å². The average Bonchev–Trinajstić information content (AvgIpc) is 2.90. The minimum Gasteiger partial charge on any atom is -0.356 e. The number of amides is 1. The van der Waals surface area contributed by atoms with Crippen molar-refractivity contribution in [1.82, 2.24) is 4.37 Å². The van der Waals surface area contributed by atoms with Crippen LogP contribution in [0.15, 0.2) is 59.4 Å². The Morgan fingerprint density at radius 2 is 1.57 bits per heavy atom. The van der Waals surface area contributed by atoms with E-state index in [9.17, 15) is 9.59 Å². The molecule has 0 radical (unpaired) electrons. The van der Waals surface area contributed by atoms with Crippen molar-refractivity contribution in [2.75, 3.05) is 10.6 Å². The zero-order chi connectivity index (χ0) is 16.2. The largest absolute Gasteiger partial charge is 0.356 e. The summed E-state index contributed by atoms with van der Waals surface area (Å²) in [6, 6.07) is 17.0. The minimum atomic E-state index is -0.454. The Balaban J connectivity index is 1.69. The van der Waals surface area contributed by atoms with Crippen molar-refractivity contribution in [1.29, 1.82) is 0 Å². The molecule has 0 unspecified atom stereocenters. The summed E-state index contributed by atoms with van der Waals surface area (Å²) in [5.74, 6) is -0.415. The van der Waals surface area contributed by atoms with E-state index < -0.39 is 11.5 Å². The van der Waals surface area contributed by atoms with Gasteiger partial charge in [-0.3, -0.25) is 14.0 Å². The van der Waals surface area contributed by atoms with Crippen molar-refractivity contribution in [3.05, 3.63) is 74.9 Å². The number of carbonyl (C=O) groups is 1. The van der Waals surface area contributed by atoms with Crippen LogP contribution in [0.4, 0.5) is 17.1 Å². The summed E-state index contributed by atoms with van der Waals surface area (Å²) in [4.78, 5) is 23.5. The van der Waals surface area contributed by atoms with Gasteiger partial charge in [0.15, 0.2) is 0 Å². The smallest absolute Gasteiger partial charge is 0.277 e. The predicted molar refractivity (Wildman–Crippen MR) is 94.1 cm³/mol. The van der Waals surface area contributed by atoms with E-state index in [0.717, 1.165) is 22.9 Å². The van der Waals surface area contributed by atoms with Crippen molar-refractivity contribution in [2.24, 2.45) is 0 Å². The maximum Gasteiger partial charge on any atom is 0.277 e. The molecule has 0 spiro atoms. The molecule has 1 aromatic heterocycles. The second kappa shape index (κ2) is 6.68. The third-order valence-corrected chi connectivity index (χ3v) is 4.41. The van der Waals surface area contributed by atoms with Gasteiger partial charge >= 0.3 is 0 Å². The van der Waals surface area contributed by atoms with Crippen LogP contribution in [0.3, 0.4) is 0 Å². The van der Waals surface area contributed by atoms with Crippen LogP contribution in [0.2, 0.25) is 5.02 Å². The molecule has 7 heteroatoms. The van der Waals surface area contributed by atoms with Gasteiger partial charge in [0.05, 0.1) is 0 Å². The fourth-order valence-electron chi connectivity index (χ4n) is 1.95. The molecule has 0 atom stereocenters. The summed E-state index contributed by atoms with van der Waals surface area (Å²) in [5, 5.41) is 5.87. The number of anilines is 3. The highest BCUT2D eigenvalue weighted by Crippen LogP contribution is 2.20. The Bertz CT molecular complexity index is 872. The van der Waals surface area contributed by atoms with Gasteiger partial charge in [0, 0.05) is 17.1 Å². The molecular formula is C16H12ClN3O2S. The van der Waals surface area contributed by atoms with E-state index in [0.29, 0.717) is 5.69 Å². The summed E-state index contributed by atoms with van der Waals surface area (Å²) in [5.41, 5.74) is 2.04. The normalized spacial score (nSPS) is 10.3. The lowest BCUT2D eigenvalue weighted by Gasteiger charge is -2.08. The molecule has 3 rings (SSSR count). The molecular weight excluding hydrogens is 334 g/mol. The van der Waals surface area contributed by atoms with E-state index in [2.05, 4.69) is 15.0 Å². The van der Waals surface area contributed by atoms with Crippen LogP contribution in [0.25, 0.3) is 0 Å². The van der Waals surface area contributed by atoms with Gasteiger partial charge in [0.25, 0.3) is 11.5 Å². The van der Waals surface area contributed by atoms with Crippen LogP contribution < -0.4 is 16.2 Å². The second-order valence-electron chi connectivity index (χ2n) is 4.70. The number of para-hydroxylation sites is 1. The van der Waals surface area contributed by atoms with E-state index in [1.54, 1.807) is 12.1 Å². The third-order valence-electron chi connectivity index (χ3n) is 3.06. The van der Waals surface area contributed by atoms with E-state index >= 15 is 0 Å². The van der Waals surface area contributed by atoms with Crippen LogP contribution >= 0.6 is 23.1 Å². The van der Waals surface area contributed by atoms with Crippen molar-refractivity contribution >= 4 is 46.1 Å². The molecule has 2 aromatic carbocycles. The highest BCUT2D eigenvalue weighted by molar-refractivity contribution is 7.08. The van der Waals surface area contributed by atoms with Gasteiger partial charge in [-0.1, -0.05) is 41.3 Å². The van der Waals surface area contributed by atoms with Gasteiger partial charge in [-0.15, -0.1) is 0 Å². The molecule has 0 saturated carbocycles. The monoisotopic (exact) mass is 345 g/mol. The molecule has 3 N–H and O–H groups in total. The second-order valence-corrected chi connectivity index (χ2v) is 5.89. The zero-order valence-corrected chi connectivity index (χ0v) is 13.4. The van der Waals surface area contributed by atoms with Crippen LogP contribution in [0.1, 0.15) is 9.67 Å². The standard InChI is InChI=1S/C16H12ClN3O2S/c17-13-14(23-20-15(13)21)16(22)19-12-8-6-11(7-9-12)18-10-4-2-1-3-5-10/h1-9,18H,(H,19,22)(H,20,21). The van der Waals surface area contributed by atoms with Gasteiger partial charge < -0.3 is 10.6 Å². The Morgan fingerprint density at radius 1 is 0.957 bits per heavy atom. The quantitative estimate of drug-likeness (QED) is 0.666. The first kappa shape index (κ1) is 15.3. The molecule has 1 amide bonds. The number of hydrogen-bond acceptors (Lipinski definition) is 4. The molecule has 116 valence electrons. The Morgan fingerprint density at radius 3 is 2.17 bits per heavy atom. The Labute approximate surface area is 141 Å². The van der Waals surface area contributed by atoms with Crippen LogP contribution in [0.5, 0.6) is 0 Å². The van der Waals surface area contributed by atoms with Crippen LogP contribution in [0, 0.1) is 0 Å². The average molecular weight is 346 g/mol. The first-order valence-corrected chi connectivity index (χ1v) is 7.93. The van der Waals surface area contributed by atoms with Crippen molar-refractivity contribution < 1.29 is 4.79 Å². The summed E-state index contributed by atoms with van der Waals surface area (Å²) < 4.78 is 2.42. The fourth-order valence-corrected chi connectivity index (χ4v) is 2.88. The van der Waals surface area contributed by atoms with Crippen molar-refractivity contribution in [3.63, 3.8) is 0 Å². The lowest BCUT2D eigenvalue weighted by atomic mass is 10.2. The van der Waals surface area contributed by atoms with Crippen molar-refractivity contribution in [2.45, 2.75) is 0 Å². The minimum absolute atomic E-state index is 0.0881. The zero-order valence-electron chi connectivity index (χ0n) is 11.8. The molecule has 1 heterocycles. The van der Waals surface area contributed by atoms with E-state index in [1.165, 1.54) is 0 Å². The van der Waals surface area contributed by atoms with Gasteiger partial charge in [-0.25, -0.2) is 0 Å². The van der Waals surface area contributed by atoms with Gasteiger partial charge in [-0.05, 0) is 36.4 Å². The molecule has 23 heavy (non-hydrogen) atoms. The number of benzene rings is 2. The number of hydrogen-bond donors (Lipinski definition) is 3. The summed E-state index contributed by atoms with van der Waals surface area (Å²) >= 11 is 6.70. The lowest BCUT2D eigenvalue weighted by Crippen LogP contribution is -2.11. The molecule has 0 saturated heterocycles. The molecule has 3 aromatic rings. The SMILES string of the molecule is O=C(Nc1ccc(Nc2ccccc2)cc1)c1s[nH]c(=O)c1Cl. The maximum atomic E-state index is 12.1. The number of H-pyrrole nitrogens is 1. The molecule has 5 nitrogen and oxygen atoms in total. The summed E-state index contributed by atoms with van der Waals surface area (Å²) in [6.07, 6.45) is 0. The molecule has 0 bridgehead atoms. The topological polar surface area (TPSA) is 74.0 Å². The Kier molecular flexibility index (Phi) is 4.45. The third kappa shape index (κ3) is 3.61. The fraction of sp³-hybridized carbons (Fsp3) is 0. The van der Waals surface area contributed by atoms with E-state index in [1.807, 2.05) is 42.5 Å². The number of carbonyl (C=O) groups excluding carboxylic acids is 1. The van der Waals surface area contributed by atoms with Gasteiger partial charge in [-0.2, -0.15) is 0 Å². The molecule has 0 fully saturated rings. The van der Waals surface area contributed by atoms with Crippen molar-refractivity contribution in [3.8, 4) is 0 Å². The lowest BCUT2D eigenvalue weighted by molar-refractivity contribution is 0.103. The number of aromatic nitrogens is 1. The predicted octanol–water partition coefficient (Wildman–Crippen LogP) is 4.09. The number of halogens is 1. The number of nitrogens with one attached hydrogen (secondary N) is 3. The number of aromatic amines is 1. The maximum absolute atomic E-state index is 12.1. The molecule has 0 aliphatic carbocycles. The van der Waals surface area contributed by atoms with Gasteiger partial charge in [0.2, 0.25) is 0 Å². The first-order valence-electron chi connectivity index (χ1n) is 6.74. The Hall–Kier alpha value is -2.57. The van der Waals surface area contributed by atoms with E-state index in [-0.39, 0.29) is 9.90 Å². The van der Waals surface area contributed by atoms with Crippen LogP contribution in [-0.2, 0) is 0 Å². The van der Waals surface area contributed by atoms with E-state index in [4.69, 9.17) is 11.6 Å². The number of rotatable bonds is 4. The molecule has 0 aliphatic rings. The first-order chi connectivity index (χ1) is 11.1. The highest BCUT2D eigenvalue weighted by Gasteiger charge is 2.16. The van der Waals surface area contributed by atoms with Gasteiger partial charge in [0.1, 0.15) is 9.90 Å². The highest BCUT2D eigenvalue weighted by atomic mass is 35.5.